The number of carbonyl (C=O) groups is 2. The van der Waals surface area contributed by atoms with Gasteiger partial charge in [0, 0.05) is 5.39 Å². The number of carboxylic acids is 1. The minimum atomic E-state index is -5.11. The van der Waals surface area contributed by atoms with Crippen LogP contribution >= 0.6 is 0 Å². The molecule has 0 radical (unpaired) electrons. The zero-order chi connectivity index (χ0) is 14.9. The minimum absolute atomic E-state index is 0.109. The Labute approximate surface area is 109 Å². The van der Waals surface area contributed by atoms with Crippen LogP contribution in [0.1, 0.15) is 10.5 Å². The summed E-state index contributed by atoms with van der Waals surface area (Å²) in [5.74, 6) is -4.43. The first-order chi connectivity index (χ1) is 9.29. The van der Waals surface area contributed by atoms with Crippen molar-refractivity contribution in [3.8, 4) is 0 Å². The van der Waals surface area contributed by atoms with Crippen molar-refractivity contribution >= 4 is 28.7 Å². The van der Waals surface area contributed by atoms with Crippen LogP contribution in [0.2, 0.25) is 0 Å². The van der Waals surface area contributed by atoms with Gasteiger partial charge in [0.1, 0.15) is 0 Å². The second-order valence-electron chi connectivity index (χ2n) is 3.67. The van der Waals surface area contributed by atoms with Crippen LogP contribution in [0.25, 0.3) is 10.9 Å². The van der Waals surface area contributed by atoms with E-state index in [0.717, 1.165) is 0 Å². The molecule has 0 saturated heterocycles. The molecule has 0 atom stereocenters. The van der Waals surface area contributed by atoms with Gasteiger partial charge in [-0.3, -0.25) is 10.1 Å². The predicted octanol–water partition coefficient (Wildman–Crippen LogP) is 1.83. The largest absolute Gasteiger partial charge is 0.476 e. The molecule has 0 aliphatic carbocycles. The molecule has 0 aliphatic rings. The van der Waals surface area contributed by atoms with E-state index in [1.165, 1.54) is 29.6 Å². The van der Waals surface area contributed by atoms with Gasteiger partial charge in [0.25, 0.3) is 0 Å². The third-order valence-corrected chi connectivity index (χ3v) is 2.29. The van der Waals surface area contributed by atoms with E-state index in [2.05, 4.69) is 9.97 Å². The SMILES string of the molecule is O=C(O)c1nc(NC(=O)C(F)(F)F)nc2ccccc12. The molecule has 0 aliphatic heterocycles. The highest BCUT2D eigenvalue weighted by Gasteiger charge is 2.39. The standard InChI is InChI=1S/C11H6F3N3O3/c12-11(13,14)9(20)17-10-15-6-4-2-1-3-5(6)7(16-10)8(18)19/h1-4H,(H,18,19)(H,15,16,17,20). The monoisotopic (exact) mass is 285 g/mol. The van der Waals surface area contributed by atoms with E-state index in [1.807, 2.05) is 0 Å². The first-order valence-corrected chi connectivity index (χ1v) is 5.17. The van der Waals surface area contributed by atoms with Crippen molar-refractivity contribution in [3.63, 3.8) is 0 Å². The maximum Gasteiger partial charge on any atom is 0.471 e. The van der Waals surface area contributed by atoms with Crippen LogP contribution in [0, 0.1) is 0 Å². The molecule has 1 aromatic heterocycles. The maximum atomic E-state index is 12.1. The number of hydrogen-bond donors (Lipinski definition) is 2. The molecule has 1 amide bonds. The summed E-state index contributed by atoms with van der Waals surface area (Å²) in [5, 5.41) is 10.6. The van der Waals surface area contributed by atoms with E-state index in [0.29, 0.717) is 0 Å². The number of carboxylic acid groups (broad SMARTS) is 1. The number of amides is 1. The highest BCUT2D eigenvalue weighted by atomic mass is 19.4. The average Bonchev–Trinajstić information content (AvgIpc) is 2.36. The Morgan fingerprint density at radius 1 is 1.15 bits per heavy atom. The molecule has 9 heteroatoms. The minimum Gasteiger partial charge on any atom is -0.476 e. The van der Waals surface area contributed by atoms with E-state index in [9.17, 15) is 22.8 Å². The van der Waals surface area contributed by atoms with Crippen molar-refractivity contribution in [3.05, 3.63) is 30.0 Å². The van der Waals surface area contributed by atoms with Gasteiger partial charge in [-0.1, -0.05) is 18.2 Å². The van der Waals surface area contributed by atoms with Crippen molar-refractivity contribution in [1.29, 1.82) is 0 Å². The number of alkyl halides is 3. The van der Waals surface area contributed by atoms with Gasteiger partial charge in [-0.15, -0.1) is 0 Å². The Balaban J connectivity index is 2.51. The van der Waals surface area contributed by atoms with E-state index in [-0.39, 0.29) is 10.9 Å². The third kappa shape index (κ3) is 2.66. The van der Waals surface area contributed by atoms with Crippen LogP contribution in [0.4, 0.5) is 19.1 Å². The molecule has 0 fully saturated rings. The summed E-state index contributed by atoms with van der Waals surface area (Å²) in [6, 6.07) is 5.86. The molecule has 0 spiro atoms. The van der Waals surface area contributed by atoms with Gasteiger partial charge in [-0.2, -0.15) is 13.2 Å². The summed E-state index contributed by atoms with van der Waals surface area (Å²) < 4.78 is 36.4. The third-order valence-electron chi connectivity index (χ3n) is 2.29. The average molecular weight is 285 g/mol. The van der Waals surface area contributed by atoms with Gasteiger partial charge in [-0.25, -0.2) is 14.8 Å². The number of para-hydroxylation sites is 1. The van der Waals surface area contributed by atoms with E-state index < -0.39 is 29.7 Å². The highest BCUT2D eigenvalue weighted by Crippen LogP contribution is 2.20. The number of carbonyl (C=O) groups excluding carboxylic acids is 1. The summed E-state index contributed by atoms with van der Waals surface area (Å²) in [7, 11) is 0. The molecule has 104 valence electrons. The van der Waals surface area contributed by atoms with Gasteiger partial charge in [-0.05, 0) is 6.07 Å². The number of fused-ring (bicyclic) bond motifs is 1. The number of benzene rings is 1. The highest BCUT2D eigenvalue weighted by molar-refractivity contribution is 6.02. The van der Waals surface area contributed by atoms with Gasteiger partial charge in [0.15, 0.2) is 5.69 Å². The Bertz CT molecular complexity index is 700. The number of halogens is 3. The number of aromatic nitrogens is 2. The molecule has 1 heterocycles. The lowest BCUT2D eigenvalue weighted by molar-refractivity contribution is -0.167. The van der Waals surface area contributed by atoms with Crippen LogP contribution in [0.15, 0.2) is 24.3 Å². The fourth-order valence-corrected chi connectivity index (χ4v) is 1.47. The number of hydrogen-bond acceptors (Lipinski definition) is 4. The number of nitrogens with one attached hydrogen (secondary N) is 1. The fraction of sp³-hybridized carbons (Fsp3) is 0.0909. The van der Waals surface area contributed by atoms with Crippen LogP contribution in [0.3, 0.4) is 0 Å². The van der Waals surface area contributed by atoms with Crippen molar-refractivity contribution in [2.24, 2.45) is 0 Å². The maximum absolute atomic E-state index is 12.1. The van der Waals surface area contributed by atoms with Crippen molar-refractivity contribution in [1.82, 2.24) is 9.97 Å². The molecule has 1 aromatic carbocycles. The first kappa shape index (κ1) is 13.7. The molecule has 20 heavy (non-hydrogen) atoms. The summed E-state index contributed by atoms with van der Waals surface area (Å²) in [4.78, 5) is 28.9. The lowest BCUT2D eigenvalue weighted by Gasteiger charge is -2.08. The smallest absolute Gasteiger partial charge is 0.471 e. The Hall–Kier alpha value is -2.71. The molecular weight excluding hydrogens is 279 g/mol. The van der Waals surface area contributed by atoms with Crippen LogP contribution in [-0.2, 0) is 4.79 Å². The molecule has 0 unspecified atom stereocenters. The number of rotatable bonds is 2. The van der Waals surface area contributed by atoms with E-state index in [1.54, 1.807) is 0 Å². The van der Waals surface area contributed by atoms with E-state index in [4.69, 9.17) is 5.11 Å². The molecule has 0 saturated carbocycles. The molecule has 6 nitrogen and oxygen atoms in total. The Kier molecular flexibility index (Phi) is 3.26. The molecule has 2 aromatic rings. The van der Waals surface area contributed by atoms with Crippen molar-refractivity contribution < 1.29 is 27.9 Å². The van der Waals surface area contributed by atoms with Gasteiger partial charge >= 0.3 is 18.1 Å². The zero-order valence-corrected chi connectivity index (χ0v) is 9.60. The van der Waals surface area contributed by atoms with Crippen LogP contribution in [-0.4, -0.2) is 33.1 Å². The van der Waals surface area contributed by atoms with Gasteiger partial charge in [0.2, 0.25) is 5.95 Å². The summed E-state index contributed by atoms with van der Waals surface area (Å²) in [6.07, 6.45) is -5.11. The number of nitrogens with zero attached hydrogens (tertiary/aromatic N) is 2. The quantitative estimate of drug-likeness (QED) is 0.878. The lowest BCUT2D eigenvalue weighted by Crippen LogP contribution is -2.31. The Morgan fingerprint density at radius 3 is 2.40 bits per heavy atom. The predicted molar refractivity (Wildman–Crippen MR) is 61.2 cm³/mol. The fourth-order valence-electron chi connectivity index (χ4n) is 1.47. The topological polar surface area (TPSA) is 92.2 Å². The first-order valence-electron chi connectivity index (χ1n) is 5.17. The van der Waals surface area contributed by atoms with E-state index >= 15 is 0 Å². The van der Waals surface area contributed by atoms with Crippen LogP contribution < -0.4 is 5.32 Å². The molecule has 2 rings (SSSR count). The van der Waals surface area contributed by atoms with Crippen molar-refractivity contribution in [2.45, 2.75) is 6.18 Å². The molecular formula is C11H6F3N3O3. The Morgan fingerprint density at radius 2 is 1.80 bits per heavy atom. The summed E-state index contributed by atoms with van der Waals surface area (Å²) >= 11 is 0. The second-order valence-corrected chi connectivity index (χ2v) is 3.67. The van der Waals surface area contributed by atoms with Gasteiger partial charge in [0.05, 0.1) is 5.52 Å². The summed E-state index contributed by atoms with van der Waals surface area (Å²) in [6.45, 7) is 0. The zero-order valence-electron chi connectivity index (χ0n) is 9.60. The number of anilines is 1. The lowest BCUT2D eigenvalue weighted by atomic mass is 10.2. The van der Waals surface area contributed by atoms with Crippen LogP contribution in [0.5, 0.6) is 0 Å². The molecule has 0 bridgehead atoms. The second kappa shape index (κ2) is 4.76. The van der Waals surface area contributed by atoms with Gasteiger partial charge < -0.3 is 5.11 Å². The summed E-state index contributed by atoms with van der Waals surface area (Å²) in [5.41, 5.74) is -0.384. The van der Waals surface area contributed by atoms with Crippen molar-refractivity contribution in [2.75, 3.05) is 5.32 Å². The number of aromatic carboxylic acids is 1. The molecule has 2 N–H and O–H groups in total. The normalized spacial score (nSPS) is 11.3.